The number of benzene rings is 2. The minimum Gasteiger partial charge on any atom is -0.489 e. The zero-order valence-electron chi connectivity index (χ0n) is 12.9. The van der Waals surface area contributed by atoms with Crippen molar-refractivity contribution in [3.63, 3.8) is 0 Å². The largest absolute Gasteiger partial charge is 0.489 e. The molecule has 0 radical (unpaired) electrons. The van der Waals surface area contributed by atoms with Crippen molar-refractivity contribution in [1.82, 2.24) is 5.32 Å². The van der Waals surface area contributed by atoms with E-state index in [1.165, 1.54) is 16.7 Å². The number of hydrogen-bond acceptors (Lipinski definition) is 2. The van der Waals surface area contributed by atoms with Crippen LogP contribution >= 0.6 is 12.4 Å². The molecule has 0 aliphatic heterocycles. The predicted molar refractivity (Wildman–Crippen MR) is 91.2 cm³/mol. The van der Waals surface area contributed by atoms with Crippen molar-refractivity contribution in [2.75, 3.05) is 0 Å². The first kappa shape index (κ1) is 17.5. The summed E-state index contributed by atoms with van der Waals surface area (Å²) >= 11 is 0. The zero-order valence-corrected chi connectivity index (χ0v) is 13.7. The summed E-state index contributed by atoms with van der Waals surface area (Å²) in [6.45, 7) is 7.91. The Labute approximate surface area is 133 Å². The van der Waals surface area contributed by atoms with E-state index in [0.717, 1.165) is 12.3 Å². The Morgan fingerprint density at radius 2 is 1.48 bits per heavy atom. The minimum atomic E-state index is 0. The first-order valence-electron chi connectivity index (χ1n) is 7.14. The number of halogens is 1. The van der Waals surface area contributed by atoms with E-state index in [9.17, 15) is 0 Å². The van der Waals surface area contributed by atoms with E-state index in [1.807, 2.05) is 12.1 Å². The van der Waals surface area contributed by atoms with Crippen LogP contribution in [-0.2, 0) is 13.2 Å². The van der Waals surface area contributed by atoms with E-state index in [4.69, 9.17) is 4.74 Å². The summed E-state index contributed by atoms with van der Waals surface area (Å²) in [5, 5.41) is 3.40. The van der Waals surface area contributed by atoms with Gasteiger partial charge in [-0.2, -0.15) is 0 Å². The molecule has 0 fully saturated rings. The van der Waals surface area contributed by atoms with Crippen LogP contribution in [0.1, 0.15) is 30.5 Å². The van der Waals surface area contributed by atoms with Gasteiger partial charge in [0, 0.05) is 12.6 Å². The van der Waals surface area contributed by atoms with Gasteiger partial charge < -0.3 is 10.1 Å². The molecule has 2 rings (SSSR count). The molecular formula is C18H24ClNO. The molecule has 1 N–H and O–H groups in total. The second kappa shape index (κ2) is 8.71. The van der Waals surface area contributed by atoms with Gasteiger partial charge in [-0.1, -0.05) is 55.8 Å². The van der Waals surface area contributed by atoms with E-state index in [-0.39, 0.29) is 12.4 Å². The van der Waals surface area contributed by atoms with E-state index < -0.39 is 0 Å². The summed E-state index contributed by atoms with van der Waals surface area (Å²) in [5.41, 5.74) is 3.75. The van der Waals surface area contributed by atoms with Crippen LogP contribution in [0.4, 0.5) is 0 Å². The highest BCUT2D eigenvalue weighted by Crippen LogP contribution is 2.14. The SMILES string of the molecule is Cc1ccc(COc2ccc(CNC(C)C)cc2)cc1.Cl. The van der Waals surface area contributed by atoms with E-state index in [1.54, 1.807) is 0 Å². The van der Waals surface area contributed by atoms with Crippen LogP contribution in [0, 0.1) is 6.92 Å². The fourth-order valence-electron chi connectivity index (χ4n) is 1.88. The summed E-state index contributed by atoms with van der Waals surface area (Å²) in [5.74, 6) is 0.916. The van der Waals surface area contributed by atoms with Crippen molar-refractivity contribution in [1.29, 1.82) is 0 Å². The average Bonchev–Trinajstić information content (AvgIpc) is 2.45. The maximum atomic E-state index is 5.79. The monoisotopic (exact) mass is 305 g/mol. The summed E-state index contributed by atoms with van der Waals surface area (Å²) in [7, 11) is 0. The Balaban J connectivity index is 0.00000220. The third-order valence-electron chi connectivity index (χ3n) is 3.16. The third kappa shape index (κ3) is 6.19. The topological polar surface area (TPSA) is 21.3 Å². The highest BCUT2D eigenvalue weighted by molar-refractivity contribution is 5.85. The zero-order chi connectivity index (χ0) is 14.4. The number of ether oxygens (including phenoxy) is 1. The molecule has 2 aromatic carbocycles. The lowest BCUT2D eigenvalue weighted by atomic mass is 10.2. The molecule has 21 heavy (non-hydrogen) atoms. The number of rotatable bonds is 6. The second-order valence-electron chi connectivity index (χ2n) is 5.45. The number of aryl methyl sites for hydroxylation is 1. The van der Waals surface area contributed by atoms with Crippen LogP contribution in [0.25, 0.3) is 0 Å². The van der Waals surface area contributed by atoms with Crippen molar-refractivity contribution in [3.05, 3.63) is 65.2 Å². The van der Waals surface area contributed by atoms with Crippen LogP contribution in [0.3, 0.4) is 0 Å². The summed E-state index contributed by atoms with van der Waals surface area (Å²) in [6.07, 6.45) is 0. The molecular weight excluding hydrogens is 282 g/mol. The second-order valence-corrected chi connectivity index (χ2v) is 5.45. The van der Waals surface area contributed by atoms with Crippen molar-refractivity contribution >= 4 is 12.4 Å². The minimum absolute atomic E-state index is 0. The van der Waals surface area contributed by atoms with Gasteiger partial charge in [0.2, 0.25) is 0 Å². The Morgan fingerprint density at radius 3 is 2.05 bits per heavy atom. The fraction of sp³-hybridized carbons (Fsp3) is 0.333. The summed E-state index contributed by atoms with van der Waals surface area (Å²) < 4.78 is 5.79. The van der Waals surface area contributed by atoms with Gasteiger partial charge in [0.1, 0.15) is 12.4 Å². The van der Waals surface area contributed by atoms with Crippen molar-refractivity contribution in [2.45, 2.75) is 40.0 Å². The van der Waals surface area contributed by atoms with Gasteiger partial charge in [-0.15, -0.1) is 12.4 Å². The summed E-state index contributed by atoms with van der Waals surface area (Å²) in [4.78, 5) is 0. The Hall–Kier alpha value is -1.51. The Morgan fingerprint density at radius 1 is 0.905 bits per heavy atom. The maximum Gasteiger partial charge on any atom is 0.119 e. The first-order valence-corrected chi connectivity index (χ1v) is 7.14. The molecule has 3 heteroatoms. The average molecular weight is 306 g/mol. The van der Waals surface area contributed by atoms with E-state index >= 15 is 0 Å². The van der Waals surface area contributed by atoms with Gasteiger partial charge in [0.25, 0.3) is 0 Å². The molecule has 0 saturated heterocycles. The van der Waals surface area contributed by atoms with E-state index in [2.05, 4.69) is 62.5 Å². The lowest BCUT2D eigenvalue weighted by Crippen LogP contribution is -2.21. The lowest BCUT2D eigenvalue weighted by Gasteiger charge is -2.10. The van der Waals surface area contributed by atoms with Crippen LogP contribution in [0.5, 0.6) is 5.75 Å². The molecule has 0 unspecified atom stereocenters. The summed E-state index contributed by atoms with van der Waals surface area (Å²) in [6, 6.07) is 17.2. The molecule has 0 aliphatic carbocycles. The van der Waals surface area contributed by atoms with Crippen LogP contribution < -0.4 is 10.1 Å². The molecule has 0 aromatic heterocycles. The highest BCUT2D eigenvalue weighted by Gasteiger charge is 1.98. The third-order valence-corrected chi connectivity index (χ3v) is 3.16. The molecule has 0 heterocycles. The molecule has 2 nitrogen and oxygen atoms in total. The molecule has 2 aromatic rings. The van der Waals surface area contributed by atoms with Gasteiger partial charge in [0.15, 0.2) is 0 Å². The fourth-order valence-corrected chi connectivity index (χ4v) is 1.88. The molecule has 0 saturated carbocycles. The smallest absolute Gasteiger partial charge is 0.119 e. The number of hydrogen-bond donors (Lipinski definition) is 1. The lowest BCUT2D eigenvalue weighted by molar-refractivity contribution is 0.306. The highest BCUT2D eigenvalue weighted by atomic mass is 35.5. The van der Waals surface area contributed by atoms with Crippen LogP contribution in [0.15, 0.2) is 48.5 Å². The first-order chi connectivity index (χ1) is 9.63. The Bertz CT molecular complexity index is 520. The molecule has 0 spiro atoms. The normalized spacial score (nSPS) is 10.3. The van der Waals surface area contributed by atoms with Crippen molar-refractivity contribution < 1.29 is 4.74 Å². The predicted octanol–water partition coefficient (Wildman–Crippen LogP) is 4.49. The standard InChI is InChI=1S/C18H23NO.ClH/c1-14(2)19-12-16-8-10-18(11-9-16)20-13-17-6-4-15(3)5-7-17;/h4-11,14,19H,12-13H2,1-3H3;1H. The molecule has 114 valence electrons. The van der Waals surface area contributed by atoms with Gasteiger partial charge in [-0.25, -0.2) is 0 Å². The van der Waals surface area contributed by atoms with Gasteiger partial charge in [0.05, 0.1) is 0 Å². The maximum absolute atomic E-state index is 5.79. The van der Waals surface area contributed by atoms with E-state index in [0.29, 0.717) is 12.6 Å². The molecule has 0 bridgehead atoms. The number of nitrogens with one attached hydrogen (secondary N) is 1. The van der Waals surface area contributed by atoms with Gasteiger partial charge in [-0.05, 0) is 30.2 Å². The molecule has 0 amide bonds. The quantitative estimate of drug-likeness (QED) is 0.849. The van der Waals surface area contributed by atoms with Gasteiger partial charge >= 0.3 is 0 Å². The molecule has 0 atom stereocenters. The van der Waals surface area contributed by atoms with Gasteiger partial charge in [-0.3, -0.25) is 0 Å². The van der Waals surface area contributed by atoms with Crippen LogP contribution in [-0.4, -0.2) is 6.04 Å². The molecule has 0 aliphatic rings. The Kier molecular flexibility index (Phi) is 7.27. The van der Waals surface area contributed by atoms with Crippen LogP contribution in [0.2, 0.25) is 0 Å². The van der Waals surface area contributed by atoms with Crippen molar-refractivity contribution in [3.8, 4) is 5.75 Å². The van der Waals surface area contributed by atoms with Crippen molar-refractivity contribution in [2.24, 2.45) is 0 Å².